The molecule has 0 spiro atoms. The molecule has 34 heavy (non-hydrogen) atoms. The van der Waals surface area contributed by atoms with E-state index in [4.69, 9.17) is 9.47 Å². The molecular weight excluding hydrogens is 434 g/mol. The molecular formula is C27H39NO6. The highest BCUT2D eigenvalue weighted by Crippen LogP contribution is 2.52. The molecule has 1 amide bonds. The molecule has 0 aromatic rings. The minimum absolute atomic E-state index is 0.112. The van der Waals surface area contributed by atoms with Crippen molar-refractivity contribution in [2.24, 2.45) is 17.3 Å². The molecule has 0 aromatic carbocycles. The highest BCUT2D eigenvalue weighted by molar-refractivity contribution is 5.92. The first-order chi connectivity index (χ1) is 16.4. The number of ether oxygens (including phenoxy) is 2. The van der Waals surface area contributed by atoms with Crippen LogP contribution in [-0.2, 0) is 23.9 Å². The van der Waals surface area contributed by atoms with Gasteiger partial charge in [0, 0.05) is 12.2 Å². The summed E-state index contributed by atoms with van der Waals surface area (Å²) in [4.78, 5) is 40.6. The summed E-state index contributed by atoms with van der Waals surface area (Å²) in [6.07, 6.45) is 13.1. The van der Waals surface area contributed by atoms with E-state index in [0.717, 1.165) is 38.5 Å². The molecule has 2 fully saturated rings. The Balaban J connectivity index is 1.74. The zero-order chi connectivity index (χ0) is 24.3. The zero-order valence-electron chi connectivity index (χ0n) is 20.6. The largest absolute Gasteiger partial charge is 0.481 e. The van der Waals surface area contributed by atoms with Crippen molar-refractivity contribution in [1.29, 1.82) is 0 Å². The molecule has 1 saturated carbocycles. The summed E-state index contributed by atoms with van der Waals surface area (Å²) in [7, 11) is 0. The number of likely N-dealkylation sites (tertiary alicyclic amines) is 1. The van der Waals surface area contributed by atoms with Gasteiger partial charge in [-0.1, -0.05) is 24.5 Å². The minimum Gasteiger partial charge on any atom is -0.481 e. The third-order valence-corrected chi connectivity index (χ3v) is 8.28. The molecule has 4 atom stereocenters. The average molecular weight is 474 g/mol. The number of aliphatic carboxylic acids is 1. The van der Waals surface area contributed by atoms with E-state index in [9.17, 15) is 19.5 Å². The maximum atomic E-state index is 13.7. The normalized spacial score (nSPS) is 32.1. The molecule has 2 heterocycles. The number of esters is 1. The lowest BCUT2D eigenvalue weighted by molar-refractivity contribution is -0.180. The van der Waals surface area contributed by atoms with Gasteiger partial charge >= 0.3 is 11.9 Å². The van der Waals surface area contributed by atoms with Crippen molar-refractivity contribution in [2.75, 3.05) is 13.2 Å². The number of fused-ring (bicyclic) bond motifs is 1. The fourth-order valence-corrected chi connectivity index (χ4v) is 6.45. The predicted molar refractivity (Wildman–Crippen MR) is 127 cm³/mol. The highest BCUT2D eigenvalue weighted by atomic mass is 16.5. The van der Waals surface area contributed by atoms with E-state index >= 15 is 0 Å². The van der Waals surface area contributed by atoms with E-state index < -0.39 is 29.4 Å². The van der Waals surface area contributed by atoms with E-state index in [2.05, 4.69) is 6.08 Å². The van der Waals surface area contributed by atoms with Crippen LogP contribution in [0.4, 0.5) is 0 Å². The third kappa shape index (κ3) is 4.81. The van der Waals surface area contributed by atoms with Crippen LogP contribution in [0.2, 0.25) is 0 Å². The molecule has 188 valence electrons. The molecule has 0 aromatic heterocycles. The number of carboxylic acid groups (broad SMARTS) is 1. The molecule has 2 aliphatic carbocycles. The maximum absolute atomic E-state index is 13.7. The Morgan fingerprint density at radius 1 is 1.24 bits per heavy atom. The monoisotopic (exact) mass is 473 g/mol. The van der Waals surface area contributed by atoms with Gasteiger partial charge in [0.15, 0.2) is 0 Å². The first kappa shape index (κ1) is 25.0. The quantitative estimate of drug-likeness (QED) is 0.409. The van der Waals surface area contributed by atoms with Crippen LogP contribution in [0.1, 0.15) is 84.5 Å². The first-order valence-corrected chi connectivity index (χ1v) is 13.1. The Morgan fingerprint density at radius 3 is 2.65 bits per heavy atom. The average Bonchev–Trinajstić information content (AvgIpc) is 3.35. The maximum Gasteiger partial charge on any atom is 0.320 e. The van der Waals surface area contributed by atoms with Crippen molar-refractivity contribution in [3.8, 4) is 0 Å². The summed E-state index contributed by atoms with van der Waals surface area (Å²) in [6, 6.07) is 0. The second-order valence-corrected chi connectivity index (χ2v) is 10.4. The van der Waals surface area contributed by atoms with Crippen LogP contribution in [0, 0.1) is 17.3 Å². The van der Waals surface area contributed by atoms with Gasteiger partial charge in [-0.05, 0) is 77.2 Å². The summed E-state index contributed by atoms with van der Waals surface area (Å²) in [5, 5.41) is 9.54. The van der Waals surface area contributed by atoms with Gasteiger partial charge in [-0.25, -0.2) is 0 Å². The standard InChI is InChI=1S/C27H39NO6/c1-3-33-26(32)27-17-21(15-24(29)30)25(31)28(14-13-19-9-5-4-6-10-19)23(27)16-22(34-18(27)2)20-11-7-8-12-20/h9,16,18,20-22H,3-8,10-15,17H2,1-2H3,(H,29,30)/t18-,21-,22-,27+/m0/s1. The van der Waals surface area contributed by atoms with Crippen LogP contribution in [0.5, 0.6) is 0 Å². The number of hydrogen-bond donors (Lipinski definition) is 1. The fourth-order valence-electron chi connectivity index (χ4n) is 6.45. The predicted octanol–water partition coefficient (Wildman–Crippen LogP) is 4.61. The van der Waals surface area contributed by atoms with Gasteiger partial charge in [-0.3, -0.25) is 14.4 Å². The number of amides is 1. The van der Waals surface area contributed by atoms with Crippen molar-refractivity contribution in [2.45, 2.75) is 96.7 Å². The van der Waals surface area contributed by atoms with Crippen molar-refractivity contribution >= 4 is 17.8 Å². The number of rotatable bonds is 8. The number of allylic oxidation sites excluding steroid dienone is 1. The molecule has 7 heteroatoms. The second kappa shape index (κ2) is 10.6. The lowest BCUT2D eigenvalue weighted by atomic mass is 9.66. The minimum atomic E-state index is -1.17. The van der Waals surface area contributed by atoms with Gasteiger partial charge in [0.25, 0.3) is 0 Å². The van der Waals surface area contributed by atoms with Gasteiger partial charge in [-0.2, -0.15) is 0 Å². The summed E-state index contributed by atoms with van der Waals surface area (Å²) in [6.45, 7) is 4.33. The summed E-state index contributed by atoms with van der Waals surface area (Å²) >= 11 is 0. The lowest BCUT2D eigenvalue weighted by Gasteiger charge is -2.52. The molecule has 2 aliphatic heterocycles. The number of carbonyl (C=O) groups excluding carboxylic acids is 2. The van der Waals surface area contributed by atoms with Gasteiger partial charge < -0.3 is 19.5 Å². The SMILES string of the molecule is CCOC(=O)[C@@]12C[C@H](CC(=O)O)C(=O)N(CCC3=CCCCC3)C1=C[C@@H](C1CCCC1)O[C@H]2C. The molecule has 7 nitrogen and oxygen atoms in total. The van der Waals surface area contributed by atoms with Crippen LogP contribution in [-0.4, -0.2) is 53.2 Å². The molecule has 0 bridgehead atoms. The van der Waals surface area contributed by atoms with E-state index in [-0.39, 0.29) is 31.5 Å². The number of piperidine rings is 1. The zero-order valence-corrected chi connectivity index (χ0v) is 20.6. The van der Waals surface area contributed by atoms with Crippen molar-refractivity contribution < 1.29 is 29.0 Å². The Labute approximate surface area is 202 Å². The van der Waals surface area contributed by atoms with E-state index in [1.54, 1.807) is 11.8 Å². The highest BCUT2D eigenvalue weighted by Gasteiger charge is 2.60. The Hall–Kier alpha value is -2.15. The van der Waals surface area contributed by atoms with Crippen molar-refractivity contribution in [3.63, 3.8) is 0 Å². The van der Waals surface area contributed by atoms with Crippen LogP contribution in [0.15, 0.2) is 23.4 Å². The molecule has 4 rings (SSSR count). The summed E-state index contributed by atoms with van der Waals surface area (Å²) in [5.74, 6) is -2.04. The van der Waals surface area contributed by atoms with Crippen LogP contribution in [0.3, 0.4) is 0 Å². The second-order valence-electron chi connectivity index (χ2n) is 10.4. The first-order valence-electron chi connectivity index (χ1n) is 13.1. The summed E-state index contributed by atoms with van der Waals surface area (Å²) in [5.41, 5.74) is 0.860. The molecule has 1 N–H and O–H groups in total. The van der Waals surface area contributed by atoms with Crippen LogP contribution >= 0.6 is 0 Å². The number of hydrogen-bond acceptors (Lipinski definition) is 5. The fraction of sp³-hybridized carbons (Fsp3) is 0.741. The summed E-state index contributed by atoms with van der Waals surface area (Å²) < 4.78 is 12.0. The van der Waals surface area contributed by atoms with Gasteiger partial charge in [0.1, 0.15) is 5.41 Å². The van der Waals surface area contributed by atoms with Crippen molar-refractivity contribution in [1.82, 2.24) is 4.90 Å². The van der Waals surface area contributed by atoms with Crippen LogP contribution < -0.4 is 0 Å². The number of nitrogens with zero attached hydrogens (tertiary/aromatic N) is 1. The van der Waals surface area contributed by atoms with Gasteiger partial charge in [0.2, 0.25) is 5.91 Å². The Kier molecular flexibility index (Phi) is 7.80. The topological polar surface area (TPSA) is 93.1 Å². The van der Waals surface area contributed by atoms with E-state index in [0.29, 0.717) is 18.2 Å². The number of carboxylic acids is 1. The molecule has 4 aliphatic rings. The lowest BCUT2D eigenvalue weighted by Crippen LogP contribution is -2.60. The molecule has 0 unspecified atom stereocenters. The molecule has 0 radical (unpaired) electrons. The Bertz CT molecular complexity index is 857. The van der Waals surface area contributed by atoms with Gasteiger partial charge in [0.05, 0.1) is 31.2 Å². The third-order valence-electron chi connectivity index (χ3n) is 8.28. The molecule has 1 saturated heterocycles. The smallest absolute Gasteiger partial charge is 0.320 e. The number of carbonyl (C=O) groups is 3. The van der Waals surface area contributed by atoms with E-state index in [1.807, 2.05) is 13.0 Å². The van der Waals surface area contributed by atoms with Crippen LogP contribution in [0.25, 0.3) is 0 Å². The van der Waals surface area contributed by atoms with Crippen molar-refractivity contribution in [3.05, 3.63) is 23.4 Å². The van der Waals surface area contributed by atoms with Gasteiger partial charge in [-0.15, -0.1) is 0 Å². The van der Waals surface area contributed by atoms with E-state index in [1.165, 1.54) is 24.8 Å². The Morgan fingerprint density at radius 2 is 2.00 bits per heavy atom.